The molecule has 3 rings (SSSR count). The van der Waals surface area contributed by atoms with Crippen LogP contribution in [0.1, 0.15) is 16.8 Å². The summed E-state index contributed by atoms with van der Waals surface area (Å²) in [6.07, 6.45) is 0. The van der Waals surface area contributed by atoms with E-state index in [0.717, 1.165) is 0 Å². The molecule has 0 unspecified atom stereocenters. The molecule has 0 atom stereocenters. The first kappa shape index (κ1) is 18.9. The van der Waals surface area contributed by atoms with Crippen LogP contribution in [-0.2, 0) is 22.7 Å². The number of rotatable bonds is 5. The Kier molecular flexibility index (Phi) is 5.48. The Morgan fingerprint density at radius 2 is 2.15 bits per heavy atom. The Bertz CT molecular complexity index is 1010. The van der Waals surface area contributed by atoms with Gasteiger partial charge in [0.05, 0.1) is 6.61 Å². The van der Waals surface area contributed by atoms with Crippen molar-refractivity contribution >= 4 is 27.5 Å². The lowest BCUT2D eigenvalue weighted by Gasteiger charge is -2.16. The number of nitrogens with zero attached hydrogens (tertiary/aromatic N) is 2. The predicted octanol–water partition coefficient (Wildman–Crippen LogP) is 2.30. The number of hydrogen-bond acceptors (Lipinski definition) is 6. The van der Waals surface area contributed by atoms with Crippen molar-refractivity contribution in [2.45, 2.75) is 20.1 Å². The highest BCUT2D eigenvalue weighted by molar-refractivity contribution is 9.10. The number of anilines is 1. The van der Waals surface area contributed by atoms with Gasteiger partial charge in [0.15, 0.2) is 11.5 Å². The largest absolute Gasteiger partial charge is 0.454 e. The number of methoxy groups -OCH3 is 1. The van der Waals surface area contributed by atoms with Gasteiger partial charge in [-0.2, -0.15) is 5.26 Å². The maximum atomic E-state index is 12.7. The van der Waals surface area contributed by atoms with Gasteiger partial charge in [-0.3, -0.25) is 9.59 Å². The van der Waals surface area contributed by atoms with Crippen molar-refractivity contribution in [2.75, 3.05) is 19.2 Å². The van der Waals surface area contributed by atoms with Gasteiger partial charge < -0.3 is 24.1 Å². The Morgan fingerprint density at radius 3 is 2.85 bits per heavy atom. The summed E-state index contributed by atoms with van der Waals surface area (Å²) in [4.78, 5) is 25.1. The highest BCUT2D eigenvalue weighted by atomic mass is 79.9. The van der Waals surface area contributed by atoms with Gasteiger partial charge in [0.25, 0.3) is 5.56 Å². The zero-order valence-corrected chi connectivity index (χ0v) is 16.3. The Hall–Kier alpha value is -2.83. The van der Waals surface area contributed by atoms with Crippen LogP contribution < -0.4 is 20.3 Å². The van der Waals surface area contributed by atoms with E-state index in [1.54, 1.807) is 25.1 Å². The van der Waals surface area contributed by atoms with Gasteiger partial charge in [-0.1, -0.05) is 0 Å². The van der Waals surface area contributed by atoms with E-state index in [1.165, 1.54) is 11.7 Å². The second-order valence-electron chi connectivity index (χ2n) is 5.81. The van der Waals surface area contributed by atoms with Crippen LogP contribution in [0.4, 0.5) is 5.69 Å². The van der Waals surface area contributed by atoms with Crippen LogP contribution in [0, 0.1) is 18.3 Å². The van der Waals surface area contributed by atoms with Crippen molar-refractivity contribution in [3.05, 3.63) is 49.8 Å². The summed E-state index contributed by atoms with van der Waals surface area (Å²) in [5.74, 6) is 0.741. The average molecular weight is 434 g/mol. The lowest BCUT2D eigenvalue weighted by atomic mass is 10.1. The molecule has 8 nitrogen and oxygen atoms in total. The Morgan fingerprint density at radius 1 is 1.41 bits per heavy atom. The van der Waals surface area contributed by atoms with Crippen molar-refractivity contribution in [3.8, 4) is 17.6 Å². The van der Waals surface area contributed by atoms with Crippen molar-refractivity contribution in [3.63, 3.8) is 0 Å². The Balaban J connectivity index is 1.87. The molecule has 1 aliphatic heterocycles. The topological polar surface area (TPSA) is 103 Å². The van der Waals surface area contributed by atoms with E-state index >= 15 is 0 Å². The molecule has 140 valence electrons. The van der Waals surface area contributed by atoms with Crippen molar-refractivity contribution in [1.82, 2.24) is 4.57 Å². The quantitative estimate of drug-likeness (QED) is 0.775. The summed E-state index contributed by atoms with van der Waals surface area (Å²) < 4.78 is 17.4. The molecular weight excluding hydrogens is 418 g/mol. The third-order valence-electron chi connectivity index (χ3n) is 4.11. The smallest absolute Gasteiger partial charge is 0.269 e. The van der Waals surface area contributed by atoms with E-state index in [9.17, 15) is 14.9 Å². The minimum atomic E-state index is -0.536. The summed E-state index contributed by atoms with van der Waals surface area (Å²) in [7, 11) is 1.48. The van der Waals surface area contributed by atoms with E-state index in [-0.39, 0.29) is 25.5 Å². The summed E-state index contributed by atoms with van der Waals surface area (Å²) in [6, 6.07) is 6.92. The fraction of sp³-hybridized carbons (Fsp3) is 0.278. The molecule has 0 saturated heterocycles. The molecule has 2 aromatic rings. The van der Waals surface area contributed by atoms with E-state index < -0.39 is 11.5 Å². The normalized spacial score (nSPS) is 11.9. The first-order valence-corrected chi connectivity index (χ1v) is 8.75. The van der Waals surface area contributed by atoms with Gasteiger partial charge in [-0.15, -0.1) is 0 Å². The van der Waals surface area contributed by atoms with Crippen molar-refractivity contribution in [2.24, 2.45) is 0 Å². The van der Waals surface area contributed by atoms with Gasteiger partial charge >= 0.3 is 0 Å². The van der Waals surface area contributed by atoms with Gasteiger partial charge in [0.2, 0.25) is 12.7 Å². The molecule has 9 heteroatoms. The molecule has 1 aromatic heterocycles. The van der Waals surface area contributed by atoms with E-state index in [1.807, 2.05) is 6.07 Å². The molecule has 0 bridgehead atoms. The van der Waals surface area contributed by atoms with Gasteiger partial charge in [0, 0.05) is 34.6 Å². The Labute approximate surface area is 163 Å². The SMILES string of the molecule is COCc1c(Br)c(C)n(CC(=O)Nc2ccc3c(c2)OCO3)c(=O)c1C#N. The van der Waals surface area contributed by atoms with Crippen molar-refractivity contribution < 1.29 is 19.0 Å². The molecule has 1 amide bonds. The van der Waals surface area contributed by atoms with Crippen LogP contribution in [0.3, 0.4) is 0 Å². The van der Waals surface area contributed by atoms with E-state index in [0.29, 0.717) is 32.9 Å². The highest BCUT2D eigenvalue weighted by Gasteiger charge is 2.20. The third-order valence-corrected chi connectivity index (χ3v) is 5.16. The molecule has 0 saturated carbocycles. The maximum Gasteiger partial charge on any atom is 0.269 e. The number of nitrogens with one attached hydrogen (secondary N) is 1. The first-order chi connectivity index (χ1) is 13.0. The summed E-state index contributed by atoms with van der Waals surface area (Å²) in [5, 5.41) is 12.1. The maximum absolute atomic E-state index is 12.7. The molecule has 2 heterocycles. The minimum Gasteiger partial charge on any atom is -0.454 e. The number of aromatic nitrogens is 1. The lowest BCUT2D eigenvalue weighted by Crippen LogP contribution is -2.32. The van der Waals surface area contributed by atoms with Gasteiger partial charge in [-0.25, -0.2) is 0 Å². The molecule has 0 radical (unpaired) electrons. The molecule has 1 aliphatic rings. The number of amides is 1. The molecule has 0 fully saturated rings. The average Bonchev–Trinajstić information content (AvgIpc) is 3.11. The standard InChI is InChI=1S/C18H16BrN3O5/c1-10-17(19)13(8-25-2)12(6-20)18(24)22(10)7-16(23)21-11-3-4-14-15(5-11)27-9-26-14/h3-5H,7-9H2,1-2H3,(H,21,23). The second-order valence-corrected chi connectivity index (χ2v) is 6.60. The predicted molar refractivity (Wildman–Crippen MR) is 99.8 cm³/mol. The van der Waals surface area contributed by atoms with Gasteiger partial charge in [0.1, 0.15) is 18.2 Å². The summed E-state index contributed by atoms with van der Waals surface area (Å²) in [5.41, 5.74) is 0.934. The number of fused-ring (bicyclic) bond motifs is 1. The number of halogens is 1. The zero-order chi connectivity index (χ0) is 19.6. The third kappa shape index (κ3) is 3.67. The summed E-state index contributed by atoms with van der Waals surface area (Å²) >= 11 is 3.40. The number of hydrogen-bond donors (Lipinski definition) is 1. The molecular formula is C18H16BrN3O5. The fourth-order valence-corrected chi connectivity index (χ4v) is 3.29. The summed E-state index contributed by atoms with van der Waals surface area (Å²) in [6.45, 7) is 1.71. The highest BCUT2D eigenvalue weighted by Crippen LogP contribution is 2.34. The van der Waals surface area contributed by atoms with Crippen LogP contribution in [0.5, 0.6) is 11.5 Å². The number of carbonyl (C=O) groups is 1. The van der Waals surface area contributed by atoms with Crippen LogP contribution in [0.2, 0.25) is 0 Å². The number of benzene rings is 1. The molecule has 1 N–H and O–H groups in total. The molecule has 0 aliphatic carbocycles. The number of carbonyl (C=O) groups excluding carboxylic acids is 1. The van der Waals surface area contributed by atoms with Gasteiger partial charge in [-0.05, 0) is 35.0 Å². The fourth-order valence-electron chi connectivity index (χ4n) is 2.77. The number of ether oxygens (including phenoxy) is 3. The molecule has 1 aromatic carbocycles. The van der Waals surface area contributed by atoms with Crippen molar-refractivity contribution in [1.29, 1.82) is 5.26 Å². The van der Waals surface area contributed by atoms with Crippen LogP contribution >= 0.6 is 15.9 Å². The number of pyridine rings is 1. The monoisotopic (exact) mass is 433 g/mol. The molecule has 27 heavy (non-hydrogen) atoms. The number of nitriles is 1. The minimum absolute atomic E-state index is 0.0507. The zero-order valence-electron chi connectivity index (χ0n) is 14.7. The first-order valence-electron chi connectivity index (χ1n) is 7.96. The van der Waals surface area contributed by atoms with Crippen LogP contribution in [0.25, 0.3) is 0 Å². The van der Waals surface area contributed by atoms with Crippen LogP contribution in [-0.4, -0.2) is 24.4 Å². The second kappa shape index (κ2) is 7.82. The van der Waals surface area contributed by atoms with Crippen LogP contribution in [0.15, 0.2) is 27.5 Å². The van der Waals surface area contributed by atoms with E-state index in [2.05, 4.69) is 21.2 Å². The van der Waals surface area contributed by atoms with E-state index in [4.69, 9.17) is 14.2 Å². The molecule has 0 spiro atoms. The lowest BCUT2D eigenvalue weighted by molar-refractivity contribution is -0.116.